The average molecular weight is 409 g/mol. The zero-order valence-corrected chi connectivity index (χ0v) is 16.6. The highest BCUT2D eigenvalue weighted by Crippen LogP contribution is 2.37. The van der Waals surface area contributed by atoms with Crippen molar-refractivity contribution in [3.63, 3.8) is 0 Å². The number of hydrogen-bond acceptors (Lipinski definition) is 5. The van der Waals surface area contributed by atoms with Crippen molar-refractivity contribution in [2.24, 2.45) is 0 Å². The standard InChI is InChI=1S/C21H16N2O3S2/c1-26-19(24)13-22-12-14(16-9-5-6-10-17(16)22)11-18-20(25)23(21(27)28-18)15-7-3-2-4-8-15/h2-12H,13H2,1H3/b18-11+. The molecule has 5 nitrogen and oxygen atoms in total. The van der Waals surface area contributed by atoms with Crippen molar-refractivity contribution in [2.75, 3.05) is 12.0 Å². The smallest absolute Gasteiger partial charge is 0.325 e. The van der Waals surface area contributed by atoms with Gasteiger partial charge in [0.05, 0.1) is 17.7 Å². The first-order valence-corrected chi connectivity index (χ1v) is 9.78. The predicted molar refractivity (Wildman–Crippen MR) is 116 cm³/mol. The Labute approximate surface area is 171 Å². The molecule has 28 heavy (non-hydrogen) atoms. The number of thioether (sulfide) groups is 1. The molecule has 2 heterocycles. The maximum Gasteiger partial charge on any atom is 0.325 e. The predicted octanol–water partition coefficient (Wildman–Crippen LogP) is 4.22. The summed E-state index contributed by atoms with van der Waals surface area (Å²) in [6.45, 7) is 0.107. The molecule has 0 spiro atoms. The summed E-state index contributed by atoms with van der Waals surface area (Å²) in [6, 6.07) is 17.1. The zero-order valence-electron chi connectivity index (χ0n) is 15.0. The van der Waals surface area contributed by atoms with E-state index in [-0.39, 0.29) is 18.4 Å². The minimum atomic E-state index is -0.331. The molecule has 2 aromatic carbocycles. The maximum atomic E-state index is 13.0. The highest BCUT2D eigenvalue weighted by atomic mass is 32.2. The number of rotatable bonds is 4. The molecule has 1 fully saturated rings. The highest BCUT2D eigenvalue weighted by Gasteiger charge is 2.33. The van der Waals surface area contributed by atoms with Gasteiger partial charge in [0.1, 0.15) is 6.54 Å². The third kappa shape index (κ3) is 3.34. The lowest BCUT2D eigenvalue weighted by atomic mass is 10.1. The molecule has 0 bridgehead atoms. The summed E-state index contributed by atoms with van der Waals surface area (Å²) in [5, 5.41) is 0.955. The normalized spacial score (nSPS) is 15.6. The van der Waals surface area contributed by atoms with Gasteiger partial charge in [-0.05, 0) is 24.3 Å². The average Bonchev–Trinajstić information content (AvgIpc) is 3.19. The topological polar surface area (TPSA) is 51.5 Å². The first-order chi connectivity index (χ1) is 13.6. The van der Waals surface area contributed by atoms with E-state index >= 15 is 0 Å². The fraction of sp³-hybridized carbons (Fsp3) is 0.0952. The fourth-order valence-electron chi connectivity index (χ4n) is 3.13. The quantitative estimate of drug-likeness (QED) is 0.368. The second kappa shape index (κ2) is 7.61. The second-order valence-corrected chi connectivity index (χ2v) is 7.83. The molecular weight excluding hydrogens is 392 g/mol. The second-order valence-electron chi connectivity index (χ2n) is 6.16. The number of fused-ring (bicyclic) bond motifs is 1. The van der Waals surface area contributed by atoms with Gasteiger partial charge in [-0.2, -0.15) is 0 Å². The summed E-state index contributed by atoms with van der Waals surface area (Å²) >= 11 is 6.70. The number of thiocarbonyl (C=S) groups is 1. The molecule has 0 radical (unpaired) electrons. The largest absolute Gasteiger partial charge is 0.468 e. The SMILES string of the molecule is COC(=O)Cn1cc(/C=C2/SC(=S)N(c3ccccc3)C2=O)c2ccccc21. The molecule has 4 rings (SSSR count). The van der Waals surface area contributed by atoms with Gasteiger partial charge in [0.15, 0.2) is 4.32 Å². The fourth-order valence-corrected chi connectivity index (χ4v) is 4.42. The van der Waals surface area contributed by atoms with Gasteiger partial charge >= 0.3 is 5.97 Å². The van der Waals surface area contributed by atoms with Crippen LogP contribution in [0.4, 0.5) is 5.69 Å². The van der Waals surface area contributed by atoms with Crippen LogP contribution in [0.3, 0.4) is 0 Å². The first kappa shape index (κ1) is 18.5. The Kier molecular flexibility index (Phi) is 5.02. The molecular formula is C21H16N2O3S2. The number of para-hydroxylation sites is 2. The van der Waals surface area contributed by atoms with Gasteiger partial charge in [-0.25, -0.2) is 0 Å². The summed E-state index contributed by atoms with van der Waals surface area (Å²) in [5.74, 6) is -0.478. The van der Waals surface area contributed by atoms with Crippen LogP contribution in [0.1, 0.15) is 5.56 Å². The van der Waals surface area contributed by atoms with E-state index in [9.17, 15) is 9.59 Å². The maximum absolute atomic E-state index is 13.0. The summed E-state index contributed by atoms with van der Waals surface area (Å²) in [7, 11) is 1.36. The van der Waals surface area contributed by atoms with E-state index in [2.05, 4.69) is 0 Å². The van der Waals surface area contributed by atoms with Crippen molar-refractivity contribution in [3.05, 3.63) is 71.3 Å². The van der Waals surface area contributed by atoms with E-state index in [1.807, 2.05) is 71.4 Å². The van der Waals surface area contributed by atoms with Crippen molar-refractivity contribution < 1.29 is 14.3 Å². The van der Waals surface area contributed by atoms with Gasteiger partial charge < -0.3 is 9.30 Å². The molecule has 1 amide bonds. The van der Waals surface area contributed by atoms with E-state index in [1.54, 1.807) is 4.90 Å². The molecule has 3 aromatic rings. The van der Waals surface area contributed by atoms with Gasteiger partial charge in [0.2, 0.25) is 0 Å². The first-order valence-electron chi connectivity index (χ1n) is 8.56. The zero-order chi connectivity index (χ0) is 19.7. The van der Waals surface area contributed by atoms with Gasteiger partial charge in [0, 0.05) is 22.7 Å². The molecule has 140 valence electrons. The molecule has 1 aliphatic rings. The molecule has 0 atom stereocenters. The minimum Gasteiger partial charge on any atom is -0.468 e. The van der Waals surface area contributed by atoms with Gasteiger partial charge in [0.25, 0.3) is 5.91 Å². The molecule has 1 aromatic heterocycles. The lowest BCUT2D eigenvalue weighted by molar-refractivity contribution is -0.141. The summed E-state index contributed by atoms with van der Waals surface area (Å²) in [5.41, 5.74) is 2.51. The van der Waals surface area contributed by atoms with E-state index in [0.29, 0.717) is 9.23 Å². The van der Waals surface area contributed by atoms with Crippen molar-refractivity contribution in [1.29, 1.82) is 0 Å². The van der Waals surface area contributed by atoms with E-state index < -0.39 is 0 Å². The number of carbonyl (C=O) groups excluding carboxylic acids is 2. The molecule has 1 saturated heterocycles. The lowest BCUT2D eigenvalue weighted by Crippen LogP contribution is -2.27. The van der Waals surface area contributed by atoms with Gasteiger partial charge in [-0.1, -0.05) is 60.4 Å². The number of amides is 1. The van der Waals surface area contributed by atoms with Crippen LogP contribution in [0.25, 0.3) is 17.0 Å². The van der Waals surface area contributed by atoms with Crippen molar-refractivity contribution >= 4 is 62.8 Å². The molecule has 0 saturated carbocycles. The molecule has 0 unspecified atom stereocenters. The number of ether oxygens (including phenoxy) is 1. The number of hydrogen-bond donors (Lipinski definition) is 0. The third-order valence-corrected chi connectivity index (χ3v) is 5.74. The Morgan fingerprint density at radius 2 is 1.86 bits per heavy atom. The van der Waals surface area contributed by atoms with Crippen molar-refractivity contribution in [1.82, 2.24) is 4.57 Å². The Morgan fingerprint density at radius 3 is 2.61 bits per heavy atom. The molecule has 0 N–H and O–H groups in total. The molecule has 7 heteroatoms. The lowest BCUT2D eigenvalue weighted by Gasteiger charge is -2.13. The van der Waals surface area contributed by atoms with Crippen molar-refractivity contribution in [3.8, 4) is 0 Å². The van der Waals surface area contributed by atoms with Gasteiger partial charge in [-0.15, -0.1) is 0 Å². The van der Waals surface area contributed by atoms with E-state index in [0.717, 1.165) is 22.2 Å². The molecule has 0 aliphatic carbocycles. The number of aromatic nitrogens is 1. The Morgan fingerprint density at radius 1 is 1.14 bits per heavy atom. The Hall–Kier alpha value is -2.90. The van der Waals surface area contributed by atoms with E-state index in [4.69, 9.17) is 17.0 Å². The van der Waals surface area contributed by atoms with Crippen LogP contribution in [-0.4, -0.2) is 27.9 Å². The summed E-state index contributed by atoms with van der Waals surface area (Å²) in [6.07, 6.45) is 3.69. The number of anilines is 1. The highest BCUT2D eigenvalue weighted by molar-refractivity contribution is 8.27. The van der Waals surface area contributed by atoms with Crippen LogP contribution < -0.4 is 4.90 Å². The summed E-state index contributed by atoms with van der Waals surface area (Å²) in [4.78, 5) is 26.8. The number of carbonyl (C=O) groups is 2. The number of methoxy groups -OCH3 is 1. The monoisotopic (exact) mass is 408 g/mol. The van der Waals surface area contributed by atoms with Crippen LogP contribution in [0.2, 0.25) is 0 Å². The third-order valence-electron chi connectivity index (χ3n) is 4.44. The number of nitrogens with zero attached hydrogens (tertiary/aromatic N) is 2. The van der Waals surface area contributed by atoms with Crippen LogP contribution in [0.5, 0.6) is 0 Å². The van der Waals surface area contributed by atoms with Crippen LogP contribution >= 0.6 is 24.0 Å². The van der Waals surface area contributed by atoms with Gasteiger partial charge in [-0.3, -0.25) is 14.5 Å². The summed E-state index contributed by atoms with van der Waals surface area (Å²) < 4.78 is 7.11. The molecule has 1 aliphatic heterocycles. The van der Waals surface area contributed by atoms with Crippen molar-refractivity contribution in [2.45, 2.75) is 6.54 Å². The minimum absolute atomic E-state index is 0.107. The van der Waals surface area contributed by atoms with E-state index in [1.165, 1.54) is 18.9 Å². The van der Waals surface area contributed by atoms with Crippen LogP contribution in [0.15, 0.2) is 65.7 Å². The Balaban J connectivity index is 1.73. The van der Waals surface area contributed by atoms with Crippen LogP contribution in [-0.2, 0) is 20.9 Å². The number of benzene rings is 2. The van der Waals surface area contributed by atoms with Crippen LogP contribution in [0, 0.1) is 0 Å². The number of esters is 1. The Bertz CT molecular complexity index is 1120.